The zero-order valence-corrected chi connectivity index (χ0v) is 7.67. The number of benzene rings is 1. The average Bonchev–Trinajstić information content (AvgIpc) is 2.12. The molecule has 0 spiro atoms. The molecule has 2 heteroatoms. The Kier molecular flexibility index (Phi) is 1.81. The molecule has 0 atom stereocenters. The van der Waals surface area contributed by atoms with Crippen LogP contribution in [0, 0.1) is 0 Å². The largest absolute Gasteiger partial charge is 0.335 e. The highest BCUT2D eigenvalue weighted by molar-refractivity contribution is 6.31. The third-order valence-electron chi connectivity index (χ3n) is 2.16. The smallest absolute Gasteiger partial charge is 0.105 e. The summed E-state index contributed by atoms with van der Waals surface area (Å²) in [4.78, 5) is 2.00. The topological polar surface area (TPSA) is 3.24 Å². The lowest BCUT2D eigenvalue weighted by Crippen LogP contribution is -2.17. The minimum atomic E-state index is 0.814. The van der Waals surface area contributed by atoms with Gasteiger partial charge in [-0.3, -0.25) is 0 Å². The Hall–Kier alpha value is -0.950. The van der Waals surface area contributed by atoms with Crippen molar-refractivity contribution >= 4 is 17.3 Å². The van der Waals surface area contributed by atoms with Crippen molar-refractivity contribution in [3.63, 3.8) is 0 Å². The van der Waals surface area contributed by atoms with Crippen LogP contribution in [0.3, 0.4) is 0 Å². The molecule has 1 aliphatic rings. The molecule has 0 amide bonds. The lowest BCUT2D eigenvalue weighted by Gasteiger charge is -2.25. The average molecular weight is 180 g/mol. The molecule has 1 nitrogen and oxygen atoms in total. The zero-order chi connectivity index (χ0) is 8.55. The molecule has 0 bridgehead atoms. The second-order valence-electron chi connectivity index (χ2n) is 2.92. The number of allylic oxidation sites excluding steroid dienone is 1. The maximum absolute atomic E-state index is 5.98. The third kappa shape index (κ3) is 1.10. The highest BCUT2D eigenvalue weighted by atomic mass is 35.5. The Morgan fingerprint density at radius 2 is 2.08 bits per heavy atom. The first-order chi connectivity index (χ1) is 5.79. The van der Waals surface area contributed by atoms with Crippen LogP contribution in [0.5, 0.6) is 0 Å². The molecule has 1 aromatic rings. The van der Waals surface area contributed by atoms with Gasteiger partial charge in [0, 0.05) is 12.7 Å². The number of rotatable bonds is 0. The number of anilines is 1. The van der Waals surface area contributed by atoms with Crippen molar-refractivity contribution in [2.45, 2.75) is 6.42 Å². The molecule has 0 fully saturated rings. The summed E-state index contributed by atoms with van der Waals surface area (Å²) < 4.78 is 0. The lowest BCUT2D eigenvalue weighted by atomic mass is 10.1. The van der Waals surface area contributed by atoms with Gasteiger partial charge in [0.05, 0.1) is 0 Å². The van der Waals surface area contributed by atoms with Crippen molar-refractivity contribution in [2.75, 3.05) is 11.9 Å². The predicted octanol–water partition coefficient (Wildman–Crippen LogP) is 2.76. The fourth-order valence-corrected chi connectivity index (χ4v) is 1.63. The van der Waals surface area contributed by atoms with Gasteiger partial charge in [0.2, 0.25) is 0 Å². The summed E-state index contributed by atoms with van der Waals surface area (Å²) >= 11 is 5.98. The van der Waals surface area contributed by atoms with Crippen molar-refractivity contribution in [2.24, 2.45) is 0 Å². The fourth-order valence-electron chi connectivity index (χ4n) is 1.46. The molecular formula is C10H10ClN. The normalized spacial score (nSPS) is 15.5. The Labute approximate surface area is 77.3 Å². The summed E-state index contributed by atoms with van der Waals surface area (Å²) in [5.41, 5.74) is 2.55. The molecule has 0 aliphatic carbocycles. The Bertz CT molecular complexity index is 330. The number of halogens is 1. The van der Waals surface area contributed by atoms with Crippen molar-refractivity contribution < 1.29 is 0 Å². The molecule has 12 heavy (non-hydrogen) atoms. The maximum atomic E-state index is 5.98. The molecule has 0 radical (unpaired) electrons. The molecule has 0 saturated carbocycles. The van der Waals surface area contributed by atoms with E-state index in [9.17, 15) is 0 Å². The second kappa shape index (κ2) is 2.83. The summed E-state index contributed by atoms with van der Waals surface area (Å²) in [5, 5.41) is 0.814. The van der Waals surface area contributed by atoms with Crippen LogP contribution in [-0.4, -0.2) is 7.05 Å². The number of hydrogen-bond donors (Lipinski definition) is 0. The van der Waals surface area contributed by atoms with Gasteiger partial charge < -0.3 is 4.90 Å². The molecule has 0 aromatic heterocycles. The van der Waals surface area contributed by atoms with Gasteiger partial charge in [0.1, 0.15) is 5.16 Å². The van der Waals surface area contributed by atoms with Crippen LogP contribution in [0.4, 0.5) is 5.69 Å². The Morgan fingerprint density at radius 3 is 2.92 bits per heavy atom. The van der Waals surface area contributed by atoms with E-state index >= 15 is 0 Å². The van der Waals surface area contributed by atoms with E-state index in [4.69, 9.17) is 11.6 Å². The van der Waals surface area contributed by atoms with E-state index in [1.165, 1.54) is 11.3 Å². The van der Waals surface area contributed by atoms with Gasteiger partial charge in [-0.1, -0.05) is 29.8 Å². The van der Waals surface area contributed by atoms with Crippen LogP contribution in [0.25, 0.3) is 0 Å². The fraction of sp³-hybridized carbons (Fsp3) is 0.200. The molecule has 0 unspecified atom stereocenters. The SMILES string of the molecule is CN1C(Cl)=CCc2ccccc21. The van der Waals surface area contributed by atoms with Crippen LogP contribution in [0.15, 0.2) is 35.5 Å². The number of nitrogens with zero attached hydrogens (tertiary/aromatic N) is 1. The summed E-state index contributed by atoms with van der Waals surface area (Å²) in [5.74, 6) is 0. The maximum Gasteiger partial charge on any atom is 0.105 e. The molecule has 0 saturated heterocycles. The van der Waals surface area contributed by atoms with Gasteiger partial charge >= 0.3 is 0 Å². The van der Waals surface area contributed by atoms with E-state index in [2.05, 4.69) is 18.2 Å². The van der Waals surface area contributed by atoms with Crippen LogP contribution >= 0.6 is 11.6 Å². The second-order valence-corrected chi connectivity index (χ2v) is 3.31. The molecule has 1 aliphatic heterocycles. The lowest BCUT2D eigenvalue weighted by molar-refractivity contribution is 1.07. The van der Waals surface area contributed by atoms with Crippen LogP contribution in [0.2, 0.25) is 0 Å². The summed E-state index contributed by atoms with van der Waals surface area (Å²) in [7, 11) is 1.98. The van der Waals surface area contributed by atoms with E-state index in [1.54, 1.807) is 0 Å². The van der Waals surface area contributed by atoms with E-state index in [0.717, 1.165) is 11.6 Å². The first-order valence-corrected chi connectivity index (χ1v) is 4.34. The van der Waals surface area contributed by atoms with Crippen LogP contribution < -0.4 is 4.90 Å². The van der Waals surface area contributed by atoms with Crippen molar-refractivity contribution in [1.82, 2.24) is 0 Å². The molecule has 62 valence electrons. The minimum Gasteiger partial charge on any atom is -0.335 e. The zero-order valence-electron chi connectivity index (χ0n) is 6.92. The van der Waals surface area contributed by atoms with Crippen LogP contribution in [0.1, 0.15) is 5.56 Å². The predicted molar refractivity (Wildman–Crippen MR) is 52.5 cm³/mol. The Morgan fingerprint density at radius 1 is 1.33 bits per heavy atom. The van der Waals surface area contributed by atoms with Gasteiger partial charge in [-0.25, -0.2) is 0 Å². The number of fused-ring (bicyclic) bond motifs is 1. The molecule has 1 heterocycles. The molecule has 2 rings (SSSR count). The van der Waals surface area contributed by atoms with E-state index < -0.39 is 0 Å². The molecular weight excluding hydrogens is 170 g/mol. The minimum absolute atomic E-state index is 0.814. The van der Waals surface area contributed by atoms with E-state index in [-0.39, 0.29) is 0 Å². The number of hydrogen-bond acceptors (Lipinski definition) is 1. The number of para-hydroxylation sites is 1. The van der Waals surface area contributed by atoms with Gasteiger partial charge in [0.25, 0.3) is 0 Å². The standard InChI is InChI=1S/C10H10ClN/c1-12-9-5-3-2-4-8(9)6-7-10(12)11/h2-5,7H,6H2,1H3. The molecule has 0 N–H and O–H groups in total. The highest BCUT2D eigenvalue weighted by Gasteiger charge is 2.12. The molecule has 1 aromatic carbocycles. The van der Waals surface area contributed by atoms with Gasteiger partial charge in [-0.15, -0.1) is 0 Å². The summed E-state index contributed by atoms with van der Waals surface area (Å²) in [6.07, 6.45) is 2.98. The van der Waals surface area contributed by atoms with Crippen LogP contribution in [-0.2, 0) is 6.42 Å². The Balaban J connectivity index is 2.49. The quantitative estimate of drug-likeness (QED) is 0.554. The van der Waals surface area contributed by atoms with Gasteiger partial charge in [-0.05, 0) is 24.1 Å². The third-order valence-corrected chi connectivity index (χ3v) is 2.57. The van der Waals surface area contributed by atoms with Gasteiger partial charge in [0.15, 0.2) is 0 Å². The first kappa shape index (κ1) is 7.69. The van der Waals surface area contributed by atoms with Gasteiger partial charge in [-0.2, -0.15) is 0 Å². The summed E-state index contributed by atoms with van der Waals surface area (Å²) in [6, 6.07) is 8.31. The highest BCUT2D eigenvalue weighted by Crippen LogP contribution is 2.29. The monoisotopic (exact) mass is 179 g/mol. The van der Waals surface area contributed by atoms with E-state index in [0.29, 0.717) is 0 Å². The van der Waals surface area contributed by atoms with Crippen molar-refractivity contribution in [3.05, 3.63) is 41.1 Å². The van der Waals surface area contributed by atoms with Crippen molar-refractivity contribution in [1.29, 1.82) is 0 Å². The van der Waals surface area contributed by atoms with Crippen molar-refractivity contribution in [3.8, 4) is 0 Å². The van der Waals surface area contributed by atoms with E-state index in [1.807, 2.05) is 24.1 Å². The summed E-state index contributed by atoms with van der Waals surface area (Å²) in [6.45, 7) is 0. The first-order valence-electron chi connectivity index (χ1n) is 3.96.